The molecule has 3 heterocycles. The van der Waals surface area contributed by atoms with Gasteiger partial charge in [0.1, 0.15) is 6.54 Å². The van der Waals surface area contributed by atoms with Gasteiger partial charge in [-0.3, -0.25) is 19.3 Å². The van der Waals surface area contributed by atoms with E-state index in [1.165, 1.54) is 0 Å². The molecular formula is C16H24N4O4. The zero-order chi connectivity index (χ0) is 17.5. The van der Waals surface area contributed by atoms with E-state index in [4.69, 9.17) is 0 Å². The van der Waals surface area contributed by atoms with Crippen LogP contribution in [0, 0.1) is 5.41 Å². The Morgan fingerprint density at radius 2 is 1.96 bits per heavy atom. The molecule has 0 saturated carbocycles. The summed E-state index contributed by atoms with van der Waals surface area (Å²) in [5, 5.41) is 2.40. The van der Waals surface area contributed by atoms with Crippen molar-refractivity contribution in [2.45, 2.75) is 39.2 Å². The highest BCUT2D eigenvalue weighted by molar-refractivity contribution is 6.04. The fraction of sp³-hybridized carbons (Fsp3) is 0.750. The number of amides is 5. The van der Waals surface area contributed by atoms with Gasteiger partial charge in [0.25, 0.3) is 5.91 Å². The maximum absolute atomic E-state index is 12.9. The van der Waals surface area contributed by atoms with Crippen molar-refractivity contribution in [1.82, 2.24) is 20.0 Å². The number of urea groups is 1. The zero-order valence-corrected chi connectivity index (χ0v) is 14.2. The number of likely N-dealkylation sites (tertiary alicyclic amines) is 2. The Morgan fingerprint density at radius 1 is 1.21 bits per heavy atom. The zero-order valence-electron chi connectivity index (χ0n) is 14.2. The molecule has 1 N–H and O–H groups in total. The van der Waals surface area contributed by atoms with Crippen molar-refractivity contribution in [3.8, 4) is 0 Å². The summed E-state index contributed by atoms with van der Waals surface area (Å²) >= 11 is 0. The molecule has 1 atom stereocenters. The highest BCUT2D eigenvalue weighted by atomic mass is 16.2. The van der Waals surface area contributed by atoms with Crippen molar-refractivity contribution in [1.29, 1.82) is 0 Å². The van der Waals surface area contributed by atoms with Crippen LogP contribution in [0.5, 0.6) is 0 Å². The van der Waals surface area contributed by atoms with Crippen molar-refractivity contribution in [3.63, 3.8) is 0 Å². The molecule has 0 radical (unpaired) electrons. The maximum atomic E-state index is 12.9. The van der Waals surface area contributed by atoms with Gasteiger partial charge in [0.05, 0.1) is 12.0 Å². The summed E-state index contributed by atoms with van der Waals surface area (Å²) < 4.78 is 0. The third-order valence-electron chi connectivity index (χ3n) is 5.33. The van der Waals surface area contributed by atoms with Gasteiger partial charge in [0, 0.05) is 25.7 Å². The maximum Gasteiger partial charge on any atom is 0.325 e. The first-order valence-electron chi connectivity index (χ1n) is 8.51. The fourth-order valence-electron chi connectivity index (χ4n) is 3.91. The van der Waals surface area contributed by atoms with Gasteiger partial charge in [-0.05, 0) is 33.1 Å². The quantitative estimate of drug-likeness (QED) is 0.722. The van der Waals surface area contributed by atoms with Crippen LogP contribution in [0.3, 0.4) is 0 Å². The molecule has 5 amide bonds. The molecule has 0 bridgehead atoms. The number of hydrogen-bond acceptors (Lipinski definition) is 4. The average molecular weight is 336 g/mol. The lowest BCUT2D eigenvalue weighted by Crippen LogP contribution is -2.53. The number of nitrogens with zero attached hydrogens (tertiary/aromatic N) is 3. The topological polar surface area (TPSA) is 90.0 Å². The van der Waals surface area contributed by atoms with Crippen LogP contribution < -0.4 is 5.32 Å². The smallest absolute Gasteiger partial charge is 0.325 e. The van der Waals surface area contributed by atoms with E-state index in [9.17, 15) is 19.2 Å². The van der Waals surface area contributed by atoms with Crippen LogP contribution in [0.1, 0.15) is 33.1 Å². The predicted octanol–water partition coefficient (Wildman–Crippen LogP) is -0.212. The molecular weight excluding hydrogens is 312 g/mol. The Bertz CT molecular complexity index is 575. The van der Waals surface area contributed by atoms with Crippen LogP contribution in [-0.4, -0.2) is 77.2 Å². The molecule has 0 aromatic carbocycles. The average Bonchev–Trinajstić information content (AvgIpc) is 3.09. The van der Waals surface area contributed by atoms with Gasteiger partial charge in [-0.1, -0.05) is 0 Å². The van der Waals surface area contributed by atoms with E-state index in [1.807, 2.05) is 18.7 Å². The minimum Gasteiger partial charge on any atom is -0.340 e. The number of nitrogens with one attached hydrogen (secondary N) is 1. The molecule has 3 fully saturated rings. The van der Waals surface area contributed by atoms with Crippen LogP contribution in [-0.2, 0) is 14.4 Å². The summed E-state index contributed by atoms with van der Waals surface area (Å²) in [5.74, 6) is -0.525. The molecule has 3 saturated heterocycles. The van der Waals surface area contributed by atoms with Crippen molar-refractivity contribution in [2.75, 3.05) is 32.7 Å². The summed E-state index contributed by atoms with van der Waals surface area (Å²) in [6.07, 6.45) is 2.39. The molecule has 8 nitrogen and oxygen atoms in total. The Kier molecular flexibility index (Phi) is 4.23. The van der Waals surface area contributed by atoms with E-state index in [0.29, 0.717) is 19.5 Å². The minimum atomic E-state index is -0.526. The first-order valence-corrected chi connectivity index (χ1v) is 8.51. The van der Waals surface area contributed by atoms with Crippen LogP contribution in [0.4, 0.5) is 4.79 Å². The van der Waals surface area contributed by atoms with Crippen LogP contribution in [0.25, 0.3) is 0 Å². The summed E-state index contributed by atoms with van der Waals surface area (Å²) in [6.45, 7) is 5.37. The number of carbonyl (C=O) groups excluding carboxylic acids is 4. The van der Waals surface area contributed by atoms with Gasteiger partial charge in [0.2, 0.25) is 11.8 Å². The van der Waals surface area contributed by atoms with Gasteiger partial charge in [-0.25, -0.2) is 4.79 Å². The van der Waals surface area contributed by atoms with Crippen molar-refractivity contribution in [3.05, 3.63) is 0 Å². The van der Waals surface area contributed by atoms with E-state index < -0.39 is 11.4 Å². The second-order valence-corrected chi connectivity index (χ2v) is 7.18. The second kappa shape index (κ2) is 6.07. The van der Waals surface area contributed by atoms with Crippen molar-refractivity contribution < 1.29 is 19.2 Å². The lowest BCUT2D eigenvalue weighted by atomic mass is 9.78. The molecule has 3 rings (SSSR count). The fourth-order valence-corrected chi connectivity index (χ4v) is 3.91. The van der Waals surface area contributed by atoms with E-state index in [-0.39, 0.29) is 36.9 Å². The third kappa shape index (κ3) is 2.74. The number of rotatable bonds is 3. The molecule has 1 spiro atoms. The van der Waals surface area contributed by atoms with E-state index in [2.05, 4.69) is 5.32 Å². The highest BCUT2D eigenvalue weighted by Crippen LogP contribution is 2.40. The number of hydrogen-bond donors (Lipinski definition) is 1. The highest BCUT2D eigenvalue weighted by Gasteiger charge is 2.50. The largest absolute Gasteiger partial charge is 0.340 e. The SMILES string of the molecule is CC(C)N1CCCC2(CCN(C(=O)CN3C(=O)CNC3=O)C2)C1=O. The van der Waals surface area contributed by atoms with Crippen molar-refractivity contribution in [2.24, 2.45) is 5.41 Å². The molecule has 8 heteroatoms. The molecule has 0 aromatic rings. The Balaban J connectivity index is 1.66. The van der Waals surface area contributed by atoms with E-state index in [0.717, 1.165) is 24.3 Å². The van der Waals surface area contributed by atoms with E-state index in [1.54, 1.807) is 4.90 Å². The molecule has 1 unspecified atom stereocenters. The van der Waals surface area contributed by atoms with Gasteiger partial charge >= 0.3 is 6.03 Å². The monoisotopic (exact) mass is 336 g/mol. The Morgan fingerprint density at radius 3 is 2.58 bits per heavy atom. The van der Waals surface area contributed by atoms with Gasteiger partial charge in [0.15, 0.2) is 0 Å². The van der Waals surface area contributed by atoms with Crippen LogP contribution in [0.15, 0.2) is 0 Å². The van der Waals surface area contributed by atoms with Gasteiger partial charge in [-0.15, -0.1) is 0 Å². The molecule has 3 aliphatic heterocycles. The summed E-state index contributed by atoms with van der Waals surface area (Å²) in [4.78, 5) is 53.0. The van der Waals surface area contributed by atoms with Crippen LogP contribution >= 0.6 is 0 Å². The predicted molar refractivity (Wildman–Crippen MR) is 84.8 cm³/mol. The van der Waals surface area contributed by atoms with Crippen molar-refractivity contribution >= 4 is 23.8 Å². The van der Waals surface area contributed by atoms with Gasteiger partial charge in [-0.2, -0.15) is 0 Å². The molecule has 0 aromatic heterocycles. The first kappa shape index (κ1) is 16.7. The van der Waals surface area contributed by atoms with Gasteiger partial charge < -0.3 is 15.1 Å². The third-order valence-corrected chi connectivity index (χ3v) is 5.33. The molecule has 3 aliphatic rings. The summed E-state index contributed by atoms with van der Waals surface area (Å²) in [6, 6.07) is -0.368. The van der Waals surface area contributed by atoms with E-state index >= 15 is 0 Å². The Labute approximate surface area is 141 Å². The standard InChI is InChI=1S/C16H24N4O4/c1-11(2)19-6-3-4-16(14(19)23)5-7-18(10-16)13(22)9-20-12(21)8-17-15(20)24/h11H,3-10H2,1-2H3,(H,17,24). The molecule has 132 valence electrons. The number of imide groups is 1. The number of piperidine rings is 1. The van der Waals surface area contributed by atoms with Crippen LogP contribution in [0.2, 0.25) is 0 Å². The number of carbonyl (C=O) groups is 4. The second-order valence-electron chi connectivity index (χ2n) is 7.18. The molecule has 0 aliphatic carbocycles. The summed E-state index contributed by atoms with van der Waals surface area (Å²) in [7, 11) is 0. The molecule has 24 heavy (non-hydrogen) atoms. The Hall–Kier alpha value is -2.12. The lowest BCUT2D eigenvalue weighted by molar-refractivity contribution is -0.148. The lowest BCUT2D eigenvalue weighted by Gasteiger charge is -2.41. The normalized spacial score (nSPS) is 27.6. The minimum absolute atomic E-state index is 0.0577. The first-order chi connectivity index (χ1) is 11.3. The summed E-state index contributed by atoms with van der Waals surface area (Å²) in [5.41, 5.74) is -0.491.